The smallest absolute Gasteiger partial charge is 0.339 e. The van der Waals surface area contributed by atoms with E-state index in [1.54, 1.807) is 29.2 Å². The number of carbonyl (C=O) groups is 1. The van der Waals surface area contributed by atoms with Gasteiger partial charge in [-0.2, -0.15) is 0 Å². The maximum atomic E-state index is 11.4. The Kier molecular flexibility index (Phi) is 3.23. The second-order valence-corrected chi connectivity index (χ2v) is 4.35. The van der Waals surface area contributed by atoms with Crippen molar-refractivity contribution in [2.24, 2.45) is 0 Å². The van der Waals surface area contributed by atoms with E-state index in [0.717, 1.165) is 10.2 Å². The van der Waals surface area contributed by atoms with Gasteiger partial charge in [-0.1, -0.05) is 0 Å². The molecule has 0 atom stereocenters. The summed E-state index contributed by atoms with van der Waals surface area (Å²) in [4.78, 5) is 19.7. The van der Waals surface area contributed by atoms with Gasteiger partial charge in [-0.3, -0.25) is 4.57 Å². The second kappa shape index (κ2) is 4.67. The molecular weight excluding hydrogens is 286 g/mol. The molecule has 0 amide bonds. The number of aromatic nitrogens is 3. The Morgan fingerprint density at radius 3 is 2.65 bits per heavy atom. The molecule has 0 unspecified atom stereocenters. The van der Waals surface area contributed by atoms with E-state index < -0.39 is 0 Å². The molecule has 0 aliphatic heterocycles. The molecule has 2 aromatic heterocycles. The van der Waals surface area contributed by atoms with Gasteiger partial charge in [-0.25, -0.2) is 14.8 Å². The number of halogens is 1. The van der Waals surface area contributed by atoms with Gasteiger partial charge in [0.2, 0.25) is 5.95 Å². The summed E-state index contributed by atoms with van der Waals surface area (Å²) in [6.45, 7) is 1.87. The van der Waals surface area contributed by atoms with Crippen molar-refractivity contribution >= 4 is 21.9 Å². The zero-order chi connectivity index (χ0) is 12.4. The van der Waals surface area contributed by atoms with Crippen LogP contribution in [0.25, 0.3) is 5.95 Å². The number of esters is 1. The Bertz CT molecular complexity index is 548. The molecule has 0 aromatic carbocycles. The van der Waals surface area contributed by atoms with Gasteiger partial charge in [-0.15, -0.1) is 0 Å². The van der Waals surface area contributed by atoms with E-state index in [9.17, 15) is 4.79 Å². The van der Waals surface area contributed by atoms with Gasteiger partial charge in [0.25, 0.3) is 0 Å². The summed E-state index contributed by atoms with van der Waals surface area (Å²) in [5.41, 5.74) is 1.35. The Balaban J connectivity index is 2.42. The Morgan fingerprint density at radius 2 is 2.06 bits per heavy atom. The normalized spacial score (nSPS) is 10.3. The summed E-state index contributed by atoms with van der Waals surface area (Å²) >= 11 is 3.27. The van der Waals surface area contributed by atoms with E-state index >= 15 is 0 Å². The van der Waals surface area contributed by atoms with Gasteiger partial charge in [-0.05, 0) is 28.9 Å². The SMILES string of the molecule is COC(=O)c1cc(C)n(-c2ncc(Br)cn2)c1. The van der Waals surface area contributed by atoms with Crippen LogP contribution in [0.15, 0.2) is 29.1 Å². The Labute approximate surface area is 107 Å². The number of ether oxygens (including phenoxy) is 1. The van der Waals surface area contributed by atoms with Crippen LogP contribution in [0.2, 0.25) is 0 Å². The van der Waals surface area contributed by atoms with Crippen molar-refractivity contribution in [3.63, 3.8) is 0 Å². The van der Waals surface area contributed by atoms with Crippen molar-refractivity contribution in [1.82, 2.24) is 14.5 Å². The molecule has 2 heterocycles. The molecule has 2 rings (SSSR count). The molecule has 5 nitrogen and oxygen atoms in total. The van der Waals surface area contributed by atoms with Crippen molar-refractivity contribution in [2.45, 2.75) is 6.92 Å². The fraction of sp³-hybridized carbons (Fsp3) is 0.182. The molecule has 0 fully saturated rings. The summed E-state index contributed by atoms with van der Waals surface area (Å²) in [6, 6.07) is 1.73. The fourth-order valence-electron chi connectivity index (χ4n) is 1.45. The lowest BCUT2D eigenvalue weighted by Crippen LogP contribution is -2.02. The number of nitrogens with zero attached hydrogens (tertiary/aromatic N) is 3. The third-order valence-corrected chi connectivity index (χ3v) is 2.67. The van der Waals surface area contributed by atoms with E-state index in [2.05, 4.69) is 30.6 Å². The van der Waals surface area contributed by atoms with Gasteiger partial charge in [0.05, 0.1) is 17.1 Å². The molecular formula is C11H10BrN3O2. The van der Waals surface area contributed by atoms with Gasteiger partial charge < -0.3 is 4.74 Å². The lowest BCUT2D eigenvalue weighted by atomic mass is 10.3. The number of hydrogen-bond donors (Lipinski definition) is 0. The van der Waals surface area contributed by atoms with Crippen molar-refractivity contribution in [3.8, 4) is 5.95 Å². The third-order valence-electron chi connectivity index (χ3n) is 2.26. The van der Waals surface area contributed by atoms with E-state index in [0.29, 0.717) is 11.5 Å². The standard InChI is InChI=1S/C11H10BrN3O2/c1-7-3-8(10(16)17-2)6-15(7)11-13-4-9(12)5-14-11/h3-6H,1-2H3. The minimum Gasteiger partial charge on any atom is -0.465 e. The molecule has 0 spiro atoms. The van der Waals surface area contributed by atoms with Crippen LogP contribution in [0.5, 0.6) is 0 Å². The van der Waals surface area contributed by atoms with Crippen LogP contribution in [0.3, 0.4) is 0 Å². The number of carbonyl (C=O) groups excluding carboxylic acids is 1. The molecule has 2 aromatic rings. The summed E-state index contributed by atoms with van der Waals surface area (Å²) in [7, 11) is 1.35. The largest absolute Gasteiger partial charge is 0.465 e. The third kappa shape index (κ3) is 2.36. The lowest BCUT2D eigenvalue weighted by Gasteiger charge is -2.02. The predicted octanol–water partition coefficient (Wildman–Crippen LogP) is 2.12. The van der Waals surface area contributed by atoms with Crippen LogP contribution >= 0.6 is 15.9 Å². The molecule has 0 aliphatic rings. The molecule has 88 valence electrons. The number of methoxy groups -OCH3 is 1. The van der Waals surface area contributed by atoms with Crippen LogP contribution in [-0.4, -0.2) is 27.6 Å². The maximum absolute atomic E-state index is 11.4. The fourth-order valence-corrected chi connectivity index (χ4v) is 1.65. The number of hydrogen-bond acceptors (Lipinski definition) is 4. The first-order valence-corrected chi connectivity index (χ1v) is 5.66. The first kappa shape index (κ1) is 11.8. The summed E-state index contributed by atoms with van der Waals surface area (Å²) < 4.78 is 7.20. The lowest BCUT2D eigenvalue weighted by molar-refractivity contribution is 0.0601. The highest BCUT2D eigenvalue weighted by atomic mass is 79.9. The number of rotatable bonds is 2. The molecule has 0 N–H and O–H groups in total. The van der Waals surface area contributed by atoms with Gasteiger partial charge >= 0.3 is 5.97 Å². The predicted molar refractivity (Wildman–Crippen MR) is 65.1 cm³/mol. The molecule has 17 heavy (non-hydrogen) atoms. The molecule has 0 saturated carbocycles. The molecule has 6 heteroatoms. The highest BCUT2D eigenvalue weighted by Crippen LogP contribution is 2.14. The van der Waals surface area contributed by atoms with E-state index in [1.165, 1.54) is 7.11 Å². The molecule has 0 bridgehead atoms. The average Bonchev–Trinajstić information content (AvgIpc) is 2.71. The molecule has 0 radical (unpaired) electrons. The maximum Gasteiger partial charge on any atom is 0.339 e. The van der Waals surface area contributed by atoms with Crippen LogP contribution in [0, 0.1) is 6.92 Å². The average molecular weight is 296 g/mol. The van der Waals surface area contributed by atoms with Crippen molar-refractivity contribution in [2.75, 3.05) is 7.11 Å². The highest BCUT2D eigenvalue weighted by Gasteiger charge is 2.12. The summed E-state index contributed by atoms with van der Waals surface area (Å²) in [6.07, 6.45) is 4.96. The van der Waals surface area contributed by atoms with Gasteiger partial charge in [0.1, 0.15) is 0 Å². The highest BCUT2D eigenvalue weighted by molar-refractivity contribution is 9.10. The Hall–Kier alpha value is -1.69. The summed E-state index contributed by atoms with van der Waals surface area (Å²) in [5, 5.41) is 0. The van der Waals surface area contributed by atoms with Gasteiger partial charge in [0.15, 0.2) is 0 Å². The monoisotopic (exact) mass is 295 g/mol. The minimum atomic E-state index is -0.371. The quantitative estimate of drug-likeness (QED) is 0.797. The van der Waals surface area contributed by atoms with Crippen molar-refractivity contribution in [3.05, 3.63) is 40.4 Å². The minimum absolute atomic E-state index is 0.371. The van der Waals surface area contributed by atoms with Crippen LogP contribution in [-0.2, 0) is 4.74 Å². The van der Waals surface area contributed by atoms with Gasteiger partial charge in [0, 0.05) is 24.3 Å². The van der Waals surface area contributed by atoms with Crippen LogP contribution in [0.1, 0.15) is 16.1 Å². The first-order valence-electron chi connectivity index (χ1n) is 4.87. The van der Waals surface area contributed by atoms with E-state index in [1.807, 2.05) is 6.92 Å². The Morgan fingerprint density at radius 1 is 1.41 bits per heavy atom. The zero-order valence-corrected chi connectivity index (χ0v) is 10.9. The topological polar surface area (TPSA) is 57.0 Å². The first-order chi connectivity index (χ1) is 8.11. The molecule has 0 aliphatic carbocycles. The van der Waals surface area contributed by atoms with E-state index in [4.69, 9.17) is 0 Å². The second-order valence-electron chi connectivity index (χ2n) is 3.43. The zero-order valence-electron chi connectivity index (χ0n) is 9.35. The van der Waals surface area contributed by atoms with Crippen LogP contribution < -0.4 is 0 Å². The number of aryl methyl sites for hydroxylation is 1. The van der Waals surface area contributed by atoms with Crippen molar-refractivity contribution < 1.29 is 9.53 Å². The van der Waals surface area contributed by atoms with Crippen LogP contribution in [0.4, 0.5) is 0 Å². The summed E-state index contributed by atoms with van der Waals surface area (Å²) in [5.74, 6) is 0.143. The van der Waals surface area contributed by atoms with E-state index in [-0.39, 0.29) is 5.97 Å². The van der Waals surface area contributed by atoms with Crippen molar-refractivity contribution in [1.29, 1.82) is 0 Å². The molecule has 0 saturated heterocycles.